The van der Waals surface area contributed by atoms with E-state index in [1.165, 1.54) is 6.08 Å². The standard InChI is InChI=1S/C5H7O2.Li/c1-2-5-6-3-4-7-5;/h1-2,5H,3-4H2;/q-1;+1. The van der Waals surface area contributed by atoms with E-state index in [1.54, 1.807) is 0 Å². The first-order valence-electron chi connectivity index (χ1n) is 2.22. The minimum absolute atomic E-state index is 0. The molecule has 1 fully saturated rings. The zero-order valence-corrected chi connectivity index (χ0v) is 4.96. The van der Waals surface area contributed by atoms with Crippen LogP contribution in [0, 0.1) is 6.58 Å². The molecule has 1 aliphatic rings. The Kier molecular flexibility index (Phi) is 4.30. The van der Waals surface area contributed by atoms with Crippen molar-refractivity contribution in [3.8, 4) is 0 Å². The Labute approximate surface area is 61.0 Å². The van der Waals surface area contributed by atoms with Crippen molar-refractivity contribution in [3.63, 3.8) is 0 Å². The molecule has 0 amide bonds. The van der Waals surface area contributed by atoms with Gasteiger partial charge in [-0.05, 0) is 0 Å². The first kappa shape index (κ1) is 8.26. The predicted molar refractivity (Wildman–Crippen MR) is 24.6 cm³/mol. The topological polar surface area (TPSA) is 18.5 Å². The fourth-order valence-corrected chi connectivity index (χ4v) is 0.488. The molecule has 0 spiro atoms. The second-order valence-corrected chi connectivity index (χ2v) is 1.30. The third-order valence-corrected chi connectivity index (χ3v) is 0.805. The van der Waals surface area contributed by atoms with Crippen molar-refractivity contribution in [2.75, 3.05) is 13.2 Å². The summed E-state index contributed by atoms with van der Waals surface area (Å²) < 4.78 is 9.80. The molecule has 3 heteroatoms. The van der Waals surface area contributed by atoms with E-state index >= 15 is 0 Å². The van der Waals surface area contributed by atoms with Gasteiger partial charge in [-0.2, -0.15) is 0 Å². The summed E-state index contributed by atoms with van der Waals surface area (Å²) in [6.07, 6.45) is 1.15. The van der Waals surface area contributed by atoms with Crippen LogP contribution >= 0.6 is 0 Å². The maximum absolute atomic E-state index is 5.06. The van der Waals surface area contributed by atoms with E-state index < -0.39 is 0 Å². The maximum atomic E-state index is 5.06. The maximum Gasteiger partial charge on any atom is 1.00 e. The van der Waals surface area contributed by atoms with Crippen molar-refractivity contribution in [1.29, 1.82) is 0 Å². The van der Waals surface area contributed by atoms with Crippen LogP contribution in [0.15, 0.2) is 6.08 Å². The molecular formula is C5H7LiO2. The first-order chi connectivity index (χ1) is 3.43. The minimum Gasteiger partial charge on any atom is -0.513 e. The molecule has 1 aliphatic heterocycles. The van der Waals surface area contributed by atoms with Crippen LogP contribution in [0.25, 0.3) is 0 Å². The molecule has 0 saturated carbocycles. The third-order valence-electron chi connectivity index (χ3n) is 0.805. The van der Waals surface area contributed by atoms with Crippen molar-refractivity contribution in [1.82, 2.24) is 0 Å². The largest absolute Gasteiger partial charge is 1.00 e. The summed E-state index contributed by atoms with van der Waals surface area (Å²) >= 11 is 0. The molecule has 1 saturated heterocycles. The molecule has 0 radical (unpaired) electrons. The van der Waals surface area contributed by atoms with Crippen LogP contribution in [0.3, 0.4) is 0 Å². The van der Waals surface area contributed by atoms with Crippen LogP contribution in [-0.4, -0.2) is 19.5 Å². The van der Waals surface area contributed by atoms with Crippen molar-refractivity contribution < 1.29 is 28.3 Å². The fourth-order valence-electron chi connectivity index (χ4n) is 0.488. The van der Waals surface area contributed by atoms with Gasteiger partial charge in [-0.3, -0.25) is 0 Å². The van der Waals surface area contributed by atoms with Gasteiger partial charge in [-0.15, -0.1) is 0 Å². The molecule has 0 unspecified atom stereocenters. The quantitative estimate of drug-likeness (QED) is 0.268. The first-order valence-corrected chi connectivity index (χ1v) is 2.22. The van der Waals surface area contributed by atoms with E-state index in [-0.39, 0.29) is 25.2 Å². The Hall–Kier alpha value is 0.257. The third kappa shape index (κ3) is 2.02. The Morgan fingerprint density at radius 1 is 1.38 bits per heavy atom. The normalized spacial score (nSPS) is 20.0. The molecule has 0 bridgehead atoms. The van der Waals surface area contributed by atoms with Gasteiger partial charge in [0.2, 0.25) is 0 Å². The molecule has 0 aliphatic carbocycles. The van der Waals surface area contributed by atoms with Gasteiger partial charge in [0, 0.05) is 0 Å². The van der Waals surface area contributed by atoms with Crippen molar-refractivity contribution in [2.45, 2.75) is 6.29 Å². The Bertz CT molecular complexity index is 68.8. The van der Waals surface area contributed by atoms with Crippen molar-refractivity contribution in [2.24, 2.45) is 0 Å². The molecule has 1 rings (SSSR count). The van der Waals surface area contributed by atoms with Crippen LogP contribution in [-0.2, 0) is 9.47 Å². The Balaban J connectivity index is 0.000000490. The fraction of sp³-hybridized carbons (Fsp3) is 0.600. The zero-order valence-electron chi connectivity index (χ0n) is 4.96. The van der Waals surface area contributed by atoms with Crippen LogP contribution in [0.4, 0.5) is 0 Å². The molecule has 2 nitrogen and oxygen atoms in total. The van der Waals surface area contributed by atoms with Crippen LogP contribution < -0.4 is 18.9 Å². The molecule has 0 atom stereocenters. The van der Waals surface area contributed by atoms with Crippen LogP contribution in [0.1, 0.15) is 0 Å². The summed E-state index contributed by atoms with van der Waals surface area (Å²) in [5.41, 5.74) is 0. The Morgan fingerprint density at radius 2 is 1.88 bits per heavy atom. The summed E-state index contributed by atoms with van der Waals surface area (Å²) in [6.45, 7) is 6.39. The summed E-state index contributed by atoms with van der Waals surface area (Å²) in [4.78, 5) is 0. The van der Waals surface area contributed by atoms with Gasteiger partial charge in [0.25, 0.3) is 0 Å². The zero-order chi connectivity index (χ0) is 5.11. The molecule has 40 valence electrons. The average molecular weight is 106 g/mol. The summed E-state index contributed by atoms with van der Waals surface area (Å²) in [5.74, 6) is 0. The summed E-state index contributed by atoms with van der Waals surface area (Å²) in [6, 6.07) is 0. The SMILES string of the molecule is [CH-]=CC1OCCO1.[Li+]. The van der Waals surface area contributed by atoms with E-state index in [4.69, 9.17) is 16.1 Å². The van der Waals surface area contributed by atoms with Crippen LogP contribution in [0.2, 0.25) is 0 Å². The van der Waals surface area contributed by atoms with E-state index in [0.717, 1.165) is 0 Å². The van der Waals surface area contributed by atoms with Crippen molar-refractivity contribution in [3.05, 3.63) is 12.7 Å². The van der Waals surface area contributed by atoms with Gasteiger partial charge >= 0.3 is 18.9 Å². The second-order valence-electron chi connectivity index (χ2n) is 1.30. The van der Waals surface area contributed by atoms with Gasteiger partial charge in [-0.25, -0.2) is 6.08 Å². The van der Waals surface area contributed by atoms with E-state index in [2.05, 4.69) is 0 Å². The average Bonchev–Trinajstić information content (AvgIpc) is 2.14. The summed E-state index contributed by atoms with van der Waals surface area (Å²) in [5, 5.41) is 0. The minimum atomic E-state index is -0.250. The van der Waals surface area contributed by atoms with Gasteiger partial charge in [0.05, 0.1) is 13.2 Å². The molecular weight excluding hydrogens is 99.0 g/mol. The molecule has 0 aromatic heterocycles. The number of ether oxygens (including phenoxy) is 2. The van der Waals surface area contributed by atoms with E-state index in [0.29, 0.717) is 13.2 Å². The van der Waals surface area contributed by atoms with Crippen LogP contribution in [0.5, 0.6) is 0 Å². The van der Waals surface area contributed by atoms with E-state index in [1.807, 2.05) is 0 Å². The van der Waals surface area contributed by atoms with Gasteiger partial charge < -0.3 is 16.1 Å². The van der Waals surface area contributed by atoms with Gasteiger partial charge in [-0.1, -0.05) is 0 Å². The summed E-state index contributed by atoms with van der Waals surface area (Å²) in [7, 11) is 0. The second kappa shape index (κ2) is 4.17. The molecule has 8 heavy (non-hydrogen) atoms. The van der Waals surface area contributed by atoms with Crippen molar-refractivity contribution >= 4 is 0 Å². The Morgan fingerprint density at radius 3 is 2.12 bits per heavy atom. The predicted octanol–water partition coefficient (Wildman–Crippen LogP) is -2.65. The van der Waals surface area contributed by atoms with Gasteiger partial charge in [0.15, 0.2) is 0 Å². The monoisotopic (exact) mass is 106 g/mol. The molecule has 0 aromatic carbocycles. The van der Waals surface area contributed by atoms with E-state index in [9.17, 15) is 0 Å². The number of rotatable bonds is 1. The van der Waals surface area contributed by atoms with Gasteiger partial charge in [0.1, 0.15) is 6.29 Å². The molecule has 1 heterocycles. The number of hydrogen-bond donors (Lipinski definition) is 0. The molecule has 0 aromatic rings. The molecule has 0 N–H and O–H groups in total. The smallest absolute Gasteiger partial charge is 0.513 e. The number of hydrogen-bond acceptors (Lipinski definition) is 2.